The summed E-state index contributed by atoms with van der Waals surface area (Å²) in [6, 6.07) is 3.13. The van der Waals surface area contributed by atoms with Gasteiger partial charge >= 0.3 is 5.63 Å². The predicted molar refractivity (Wildman–Crippen MR) is 141 cm³/mol. The molecule has 1 aromatic heterocycles. The van der Waals surface area contributed by atoms with Gasteiger partial charge in [-0.1, -0.05) is 0 Å². The van der Waals surface area contributed by atoms with Crippen LogP contribution in [0.2, 0.25) is 0 Å². The van der Waals surface area contributed by atoms with E-state index in [2.05, 4.69) is 21.3 Å². The molecule has 0 aliphatic heterocycles. The van der Waals surface area contributed by atoms with Gasteiger partial charge in [0.25, 0.3) is 0 Å². The van der Waals surface area contributed by atoms with E-state index in [0.717, 1.165) is 5.56 Å². The minimum absolute atomic E-state index is 0.0229. The molecule has 14 heteroatoms. The normalized spacial score (nSPS) is 13.1. The van der Waals surface area contributed by atoms with E-state index in [-0.39, 0.29) is 31.8 Å². The van der Waals surface area contributed by atoms with Gasteiger partial charge in [-0.15, -0.1) is 0 Å². The summed E-state index contributed by atoms with van der Waals surface area (Å²) < 4.78 is 5.22. The van der Waals surface area contributed by atoms with Crippen molar-refractivity contribution in [2.75, 3.05) is 11.9 Å². The highest BCUT2D eigenvalue weighted by Gasteiger charge is 2.26. The van der Waals surface area contributed by atoms with E-state index < -0.39 is 47.4 Å². The Bertz CT molecular complexity index is 1260. The van der Waals surface area contributed by atoms with Crippen LogP contribution in [0.25, 0.3) is 11.0 Å². The Labute approximate surface area is 218 Å². The molecule has 0 spiro atoms. The van der Waals surface area contributed by atoms with Crippen molar-refractivity contribution in [3.05, 3.63) is 40.2 Å². The standard InChI is InChI=1S/C24H34N8O6/c1-12-10-20(34)38-18-11-14(5-6-15(12)18)31-23(37)17(4-3-9-29-24(27)28)32-21(35)13(2)30-22(36)16(25)7-8-19(26)33/h5-6,10-11,13,16-17H,3-4,7-9,25H2,1-2H3,(H2,26,33)(H,30,36)(H,31,37)(H,32,35)(H4,27,28,29)/t13-,16-,17-/m0/s1. The zero-order chi connectivity index (χ0) is 28.4. The first kappa shape index (κ1) is 29.8. The number of primary amides is 1. The van der Waals surface area contributed by atoms with E-state index in [9.17, 15) is 24.0 Å². The summed E-state index contributed by atoms with van der Waals surface area (Å²) in [5.41, 5.74) is 16.9. The molecule has 0 aliphatic carbocycles. The van der Waals surface area contributed by atoms with E-state index in [1.54, 1.807) is 19.1 Å². The van der Waals surface area contributed by atoms with E-state index in [1.165, 1.54) is 19.1 Å². The number of carbonyl (C=O) groups excluding carboxylic acids is 4. The van der Waals surface area contributed by atoms with Crippen LogP contribution in [0.5, 0.6) is 0 Å². The van der Waals surface area contributed by atoms with Crippen LogP contribution in [-0.4, -0.2) is 54.3 Å². The third-order valence-corrected chi connectivity index (χ3v) is 5.63. The number of guanidine groups is 1. The second-order valence-electron chi connectivity index (χ2n) is 8.83. The van der Waals surface area contributed by atoms with Crippen LogP contribution < -0.4 is 44.1 Å². The van der Waals surface area contributed by atoms with Gasteiger partial charge in [-0.3, -0.25) is 24.6 Å². The van der Waals surface area contributed by atoms with Gasteiger partial charge in [0, 0.05) is 36.2 Å². The number of hydrogen-bond acceptors (Lipinski definition) is 8. The first-order chi connectivity index (χ1) is 17.9. The van der Waals surface area contributed by atoms with Crippen molar-refractivity contribution >= 4 is 46.2 Å². The van der Waals surface area contributed by atoms with Gasteiger partial charge in [0.1, 0.15) is 17.7 Å². The van der Waals surface area contributed by atoms with Crippen molar-refractivity contribution in [2.24, 2.45) is 17.2 Å². The van der Waals surface area contributed by atoms with E-state index in [0.29, 0.717) is 23.1 Å². The lowest BCUT2D eigenvalue weighted by molar-refractivity contribution is -0.131. The minimum atomic E-state index is -1.04. The Morgan fingerprint density at radius 2 is 1.74 bits per heavy atom. The number of carbonyl (C=O) groups is 4. The molecule has 0 saturated heterocycles. The summed E-state index contributed by atoms with van der Waals surface area (Å²) in [7, 11) is 0. The third kappa shape index (κ3) is 9.20. The Morgan fingerprint density at radius 3 is 2.39 bits per heavy atom. The maximum absolute atomic E-state index is 13.1. The molecule has 206 valence electrons. The highest BCUT2D eigenvalue weighted by atomic mass is 16.4. The molecule has 4 amide bonds. The van der Waals surface area contributed by atoms with Crippen molar-refractivity contribution in [1.82, 2.24) is 16.0 Å². The van der Waals surface area contributed by atoms with Crippen molar-refractivity contribution in [3.63, 3.8) is 0 Å². The maximum atomic E-state index is 13.1. The number of aryl methyl sites for hydroxylation is 1. The molecule has 0 fully saturated rings. The summed E-state index contributed by atoms with van der Waals surface area (Å²) in [4.78, 5) is 60.7. The molecule has 2 aromatic rings. The van der Waals surface area contributed by atoms with Gasteiger partial charge in [0.2, 0.25) is 23.6 Å². The lowest BCUT2D eigenvalue weighted by atomic mass is 10.1. The Balaban J connectivity index is 2.10. The number of benzene rings is 1. The van der Waals surface area contributed by atoms with Gasteiger partial charge in [-0.2, -0.15) is 0 Å². The SMILES string of the molecule is Cc1cc(=O)oc2cc(NC(=O)[C@H](CCCNC(=N)N)NC(=O)[C@H](C)NC(=O)[C@@H](N)CCC(N)=O)ccc12. The lowest BCUT2D eigenvalue weighted by Crippen LogP contribution is -2.54. The largest absolute Gasteiger partial charge is 0.423 e. The quantitative estimate of drug-likeness (QED) is 0.0675. The summed E-state index contributed by atoms with van der Waals surface area (Å²) in [5.74, 6) is -2.66. The van der Waals surface area contributed by atoms with Crippen LogP contribution in [-0.2, 0) is 19.2 Å². The molecule has 3 atom stereocenters. The number of nitrogens with one attached hydrogen (secondary N) is 5. The maximum Gasteiger partial charge on any atom is 0.336 e. The lowest BCUT2D eigenvalue weighted by Gasteiger charge is -2.22. The third-order valence-electron chi connectivity index (χ3n) is 5.63. The smallest absolute Gasteiger partial charge is 0.336 e. The highest BCUT2D eigenvalue weighted by Crippen LogP contribution is 2.21. The molecule has 0 unspecified atom stereocenters. The number of fused-ring (bicyclic) bond motifs is 1. The fourth-order valence-corrected chi connectivity index (χ4v) is 3.54. The van der Waals surface area contributed by atoms with Gasteiger partial charge in [-0.25, -0.2) is 4.79 Å². The molecule has 0 aliphatic rings. The summed E-state index contributed by atoms with van der Waals surface area (Å²) in [6.07, 6.45) is 0.499. The molecular weight excluding hydrogens is 496 g/mol. The van der Waals surface area contributed by atoms with Crippen LogP contribution in [0.3, 0.4) is 0 Å². The van der Waals surface area contributed by atoms with Crippen LogP contribution >= 0.6 is 0 Å². The van der Waals surface area contributed by atoms with Crippen molar-refractivity contribution in [3.8, 4) is 0 Å². The van der Waals surface area contributed by atoms with Gasteiger partial charge in [0.15, 0.2) is 5.96 Å². The van der Waals surface area contributed by atoms with Gasteiger partial charge in [0.05, 0.1) is 6.04 Å². The van der Waals surface area contributed by atoms with Gasteiger partial charge < -0.3 is 42.9 Å². The molecule has 38 heavy (non-hydrogen) atoms. The molecular formula is C24H34N8O6. The number of rotatable bonds is 13. The molecule has 0 radical (unpaired) electrons. The molecule has 1 aromatic carbocycles. The van der Waals surface area contributed by atoms with Crippen molar-refractivity contribution in [2.45, 2.75) is 57.7 Å². The molecule has 2 rings (SSSR count). The zero-order valence-corrected chi connectivity index (χ0v) is 21.3. The minimum Gasteiger partial charge on any atom is -0.423 e. The molecule has 14 nitrogen and oxygen atoms in total. The molecule has 0 saturated carbocycles. The average Bonchev–Trinajstić information content (AvgIpc) is 2.83. The Morgan fingerprint density at radius 1 is 1.03 bits per heavy atom. The predicted octanol–water partition coefficient (Wildman–Crippen LogP) is -1.11. The molecule has 1 heterocycles. The summed E-state index contributed by atoms with van der Waals surface area (Å²) in [6.45, 7) is 3.48. The second-order valence-corrected chi connectivity index (χ2v) is 8.83. The van der Waals surface area contributed by atoms with E-state index in [4.69, 9.17) is 27.0 Å². The van der Waals surface area contributed by atoms with Crippen LogP contribution in [0, 0.1) is 12.3 Å². The average molecular weight is 531 g/mol. The van der Waals surface area contributed by atoms with E-state index >= 15 is 0 Å². The monoisotopic (exact) mass is 530 g/mol. The van der Waals surface area contributed by atoms with Crippen molar-refractivity contribution < 1.29 is 23.6 Å². The number of anilines is 1. The van der Waals surface area contributed by atoms with Crippen LogP contribution in [0.1, 0.15) is 38.2 Å². The van der Waals surface area contributed by atoms with Crippen LogP contribution in [0.15, 0.2) is 33.5 Å². The summed E-state index contributed by atoms with van der Waals surface area (Å²) in [5, 5.41) is 18.3. The fraction of sp³-hybridized carbons (Fsp3) is 0.417. The molecule has 11 N–H and O–H groups in total. The fourth-order valence-electron chi connectivity index (χ4n) is 3.54. The summed E-state index contributed by atoms with van der Waals surface area (Å²) >= 11 is 0. The zero-order valence-electron chi connectivity index (χ0n) is 21.3. The number of hydrogen-bond donors (Lipinski definition) is 8. The van der Waals surface area contributed by atoms with Gasteiger partial charge in [-0.05, 0) is 50.8 Å². The van der Waals surface area contributed by atoms with Crippen molar-refractivity contribution in [1.29, 1.82) is 5.41 Å². The highest BCUT2D eigenvalue weighted by molar-refractivity contribution is 5.99. The van der Waals surface area contributed by atoms with E-state index in [1.807, 2.05) is 0 Å². The second kappa shape index (κ2) is 13.7. The Hall–Kier alpha value is -4.46. The Kier molecular flexibility index (Phi) is 10.8. The first-order valence-electron chi connectivity index (χ1n) is 11.9. The topological polar surface area (TPSA) is 249 Å². The number of amides is 4. The number of nitrogens with two attached hydrogens (primary N) is 3. The molecule has 0 bridgehead atoms. The van der Waals surface area contributed by atoms with Crippen LogP contribution in [0.4, 0.5) is 5.69 Å². The first-order valence-corrected chi connectivity index (χ1v) is 11.9.